The zero-order valence-electron chi connectivity index (χ0n) is 12.5. The van der Waals surface area contributed by atoms with Crippen LogP contribution < -0.4 is 4.74 Å². The molecule has 1 saturated heterocycles. The van der Waals surface area contributed by atoms with Crippen molar-refractivity contribution in [3.05, 3.63) is 35.4 Å². The number of ether oxygens (including phenoxy) is 1. The Morgan fingerprint density at radius 2 is 2.24 bits per heavy atom. The Hall–Kier alpha value is -1.48. The molecule has 3 nitrogen and oxygen atoms in total. The van der Waals surface area contributed by atoms with Gasteiger partial charge in [0.15, 0.2) is 11.5 Å². The quantitative estimate of drug-likeness (QED) is 0.743. The molecule has 1 aromatic rings. The summed E-state index contributed by atoms with van der Waals surface area (Å²) in [6.45, 7) is 3.37. The molecular formula is C18H21NO2. The van der Waals surface area contributed by atoms with Crippen molar-refractivity contribution in [1.29, 1.82) is 0 Å². The lowest BCUT2D eigenvalue weighted by molar-refractivity contribution is 0.0442. The van der Waals surface area contributed by atoms with E-state index in [4.69, 9.17) is 4.74 Å². The van der Waals surface area contributed by atoms with Crippen LogP contribution in [0.1, 0.15) is 24.0 Å². The summed E-state index contributed by atoms with van der Waals surface area (Å²) in [7, 11) is 2.24. The highest BCUT2D eigenvalue weighted by atomic mass is 16.5. The Bertz CT molecular complexity index is 667. The van der Waals surface area contributed by atoms with E-state index >= 15 is 0 Å². The number of nitrogens with zero attached hydrogens (tertiary/aromatic N) is 1. The molecule has 1 aromatic carbocycles. The average molecular weight is 283 g/mol. The minimum Gasteiger partial charge on any atom is -0.504 e. The van der Waals surface area contributed by atoms with E-state index in [0.717, 1.165) is 18.1 Å². The van der Waals surface area contributed by atoms with Crippen molar-refractivity contribution in [3.63, 3.8) is 0 Å². The number of fused-ring (bicyclic) bond motifs is 3. The van der Waals surface area contributed by atoms with E-state index in [1.54, 1.807) is 6.07 Å². The second-order valence-corrected chi connectivity index (χ2v) is 7.34. The molecule has 0 radical (unpaired) electrons. The van der Waals surface area contributed by atoms with E-state index in [-0.39, 0.29) is 11.5 Å². The Balaban J connectivity index is 1.76. The summed E-state index contributed by atoms with van der Waals surface area (Å²) in [6, 6.07) is 4.48. The second kappa shape index (κ2) is 3.64. The summed E-state index contributed by atoms with van der Waals surface area (Å²) in [4.78, 5) is 2.49. The van der Waals surface area contributed by atoms with Crippen LogP contribution in [0.2, 0.25) is 0 Å². The molecule has 1 spiro atoms. The van der Waals surface area contributed by atoms with E-state index in [1.165, 1.54) is 24.1 Å². The van der Waals surface area contributed by atoms with Gasteiger partial charge in [0.1, 0.15) is 6.10 Å². The molecule has 2 aliphatic heterocycles. The summed E-state index contributed by atoms with van der Waals surface area (Å²) >= 11 is 0. The molecule has 0 amide bonds. The number of hydrogen-bond donors (Lipinski definition) is 1. The molecular weight excluding hydrogens is 262 g/mol. The number of aromatic hydroxyl groups is 1. The maximum atomic E-state index is 10.3. The van der Waals surface area contributed by atoms with Crippen molar-refractivity contribution in [3.8, 4) is 11.5 Å². The number of phenols is 1. The number of phenolic OH excluding ortho intramolecular Hbond substituents is 1. The van der Waals surface area contributed by atoms with Crippen molar-refractivity contribution >= 4 is 0 Å². The van der Waals surface area contributed by atoms with E-state index < -0.39 is 0 Å². The maximum absolute atomic E-state index is 10.3. The SMILES string of the molecule is Cc1ccc(O)c2c1C13CC4CN(C)C4C1C=CCC3O2. The summed E-state index contributed by atoms with van der Waals surface area (Å²) in [5.74, 6) is 2.38. The Morgan fingerprint density at radius 3 is 3.05 bits per heavy atom. The molecule has 4 aliphatic rings. The van der Waals surface area contributed by atoms with Crippen LogP contribution >= 0.6 is 0 Å². The first-order chi connectivity index (χ1) is 10.1. The molecule has 2 aliphatic carbocycles. The van der Waals surface area contributed by atoms with E-state index in [0.29, 0.717) is 17.7 Å². The summed E-state index contributed by atoms with van der Waals surface area (Å²) in [6.07, 6.45) is 7.10. The van der Waals surface area contributed by atoms with Gasteiger partial charge >= 0.3 is 0 Å². The van der Waals surface area contributed by atoms with Crippen molar-refractivity contribution in [2.45, 2.75) is 37.3 Å². The number of benzene rings is 1. The predicted octanol–water partition coefficient (Wildman–Crippen LogP) is 2.61. The fraction of sp³-hybridized carbons (Fsp3) is 0.556. The third kappa shape index (κ3) is 1.21. The first-order valence-corrected chi connectivity index (χ1v) is 7.99. The van der Waals surface area contributed by atoms with Gasteiger partial charge in [0.2, 0.25) is 0 Å². The van der Waals surface area contributed by atoms with Crippen LogP contribution in [0.3, 0.4) is 0 Å². The molecule has 1 N–H and O–H groups in total. The molecule has 1 saturated carbocycles. The van der Waals surface area contributed by atoms with Gasteiger partial charge in [-0.3, -0.25) is 0 Å². The van der Waals surface area contributed by atoms with Crippen molar-refractivity contribution in [2.75, 3.05) is 13.6 Å². The Kier molecular flexibility index (Phi) is 2.10. The third-order valence-corrected chi connectivity index (χ3v) is 6.42. The molecule has 21 heavy (non-hydrogen) atoms. The zero-order valence-corrected chi connectivity index (χ0v) is 12.5. The molecule has 5 rings (SSSR count). The fourth-order valence-electron chi connectivity index (χ4n) is 5.73. The van der Waals surface area contributed by atoms with E-state index in [9.17, 15) is 5.11 Å². The van der Waals surface area contributed by atoms with E-state index in [2.05, 4.69) is 31.0 Å². The van der Waals surface area contributed by atoms with Gasteiger partial charge in [-0.15, -0.1) is 0 Å². The van der Waals surface area contributed by atoms with Gasteiger partial charge in [-0.2, -0.15) is 0 Å². The molecule has 0 bridgehead atoms. The maximum Gasteiger partial charge on any atom is 0.165 e. The van der Waals surface area contributed by atoms with Gasteiger partial charge in [-0.25, -0.2) is 0 Å². The number of likely N-dealkylation sites (tertiary alicyclic amines) is 1. The largest absolute Gasteiger partial charge is 0.504 e. The third-order valence-electron chi connectivity index (χ3n) is 6.42. The highest BCUT2D eigenvalue weighted by Crippen LogP contribution is 2.65. The summed E-state index contributed by atoms with van der Waals surface area (Å²) < 4.78 is 6.27. The Morgan fingerprint density at radius 1 is 1.38 bits per heavy atom. The van der Waals surface area contributed by atoms with Gasteiger partial charge in [-0.05, 0) is 37.9 Å². The van der Waals surface area contributed by atoms with Gasteiger partial charge in [0.05, 0.1) is 0 Å². The van der Waals surface area contributed by atoms with Crippen LogP contribution in [0.5, 0.6) is 11.5 Å². The lowest BCUT2D eigenvalue weighted by Crippen LogP contribution is -2.55. The average Bonchev–Trinajstić information content (AvgIpc) is 2.92. The van der Waals surface area contributed by atoms with E-state index in [1.807, 2.05) is 6.07 Å². The fourth-order valence-corrected chi connectivity index (χ4v) is 5.73. The lowest BCUT2D eigenvalue weighted by atomic mass is 9.64. The minimum absolute atomic E-state index is 0.0903. The van der Waals surface area contributed by atoms with Crippen LogP contribution in [0, 0.1) is 18.8 Å². The first-order valence-electron chi connectivity index (χ1n) is 7.99. The van der Waals surface area contributed by atoms with Crippen LogP contribution in [-0.2, 0) is 5.41 Å². The van der Waals surface area contributed by atoms with Crippen molar-refractivity contribution < 1.29 is 9.84 Å². The first kappa shape index (κ1) is 12.1. The zero-order chi connectivity index (χ0) is 14.4. The van der Waals surface area contributed by atoms with Gasteiger partial charge in [0, 0.05) is 35.9 Å². The molecule has 2 heterocycles. The Labute approximate surface area is 125 Å². The lowest BCUT2D eigenvalue weighted by Gasteiger charge is -2.45. The molecule has 0 aromatic heterocycles. The van der Waals surface area contributed by atoms with Gasteiger partial charge in [-0.1, -0.05) is 18.2 Å². The number of aryl methyl sites for hydroxylation is 1. The molecule has 5 atom stereocenters. The molecule has 2 fully saturated rings. The normalized spacial score (nSPS) is 42.6. The molecule has 110 valence electrons. The number of rotatable bonds is 0. The summed E-state index contributed by atoms with van der Waals surface area (Å²) in [5.41, 5.74) is 2.66. The van der Waals surface area contributed by atoms with Crippen LogP contribution in [0.4, 0.5) is 0 Å². The monoisotopic (exact) mass is 283 g/mol. The second-order valence-electron chi connectivity index (χ2n) is 7.34. The van der Waals surface area contributed by atoms with Crippen LogP contribution in [-0.4, -0.2) is 35.7 Å². The van der Waals surface area contributed by atoms with Crippen LogP contribution in [0.25, 0.3) is 0 Å². The predicted molar refractivity (Wildman–Crippen MR) is 80.7 cm³/mol. The van der Waals surface area contributed by atoms with Gasteiger partial charge in [0.25, 0.3) is 0 Å². The minimum atomic E-state index is 0.0903. The van der Waals surface area contributed by atoms with Crippen LogP contribution in [0.15, 0.2) is 24.3 Å². The topological polar surface area (TPSA) is 32.7 Å². The van der Waals surface area contributed by atoms with Crippen molar-refractivity contribution in [1.82, 2.24) is 4.90 Å². The molecule has 3 heteroatoms. The smallest absolute Gasteiger partial charge is 0.165 e. The molecule has 5 unspecified atom stereocenters. The summed E-state index contributed by atoms with van der Waals surface area (Å²) in [5, 5.41) is 10.3. The van der Waals surface area contributed by atoms with Crippen molar-refractivity contribution in [2.24, 2.45) is 11.8 Å². The highest BCUT2D eigenvalue weighted by Gasteiger charge is 2.66. The number of hydrogen-bond acceptors (Lipinski definition) is 3. The standard InChI is InChI=1S/C18H21NO2/c1-10-6-7-13(20)17-15(10)18-8-11-9-19(2)16(11)12(18)4-3-5-14(18)21-17/h3-4,6-7,11-12,14,16,20H,5,8-9H2,1-2H3. The highest BCUT2D eigenvalue weighted by molar-refractivity contribution is 5.59. The van der Waals surface area contributed by atoms with Gasteiger partial charge < -0.3 is 14.7 Å².